The van der Waals surface area contributed by atoms with E-state index in [0.29, 0.717) is 22.9 Å². The number of hydrogen-bond acceptors (Lipinski definition) is 4. The minimum atomic E-state index is 0. The molecule has 0 aliphatic carbocycles. The molecule has 0 fully saturated rings. The molecule has 0 saturated carbocycles. The van der Waals surface area contributed by atoms with Gasteiger partial charge >= 0.3 is 16.5 Å². The van der Waals surface area contributed by atoms with Gasteiger partial charge in [-0.25, -0.2) is 0 Å². The van der Waals surface area contributed by atoms with Crippen LogP contribution in [0.3, 0.4) is 0 Å². The maximum atomic E-state index is 4.96. The molecule has 5 heterocycles. The Bertz CT molecular complexity index is 1960. The first kappa shape index (κ1) is 28.5. The van der Waals surface area contributed by atoms with Crippen LogP contribution >= 0.6 is 0 Å². The topological polar surface area (TPSA) is 79.8 Å². The molecular weight excluding hydrogens is 575 g/mol. The minimum Gasteiger partial charge on any atom is -0.436 e. The van der Waals surface area contributed by atoms with E-state index in [1.165, 1.54) is 33.4 Å². The van der Waals surface area contributed by atoms with Crippen molar-refractivity contribution in [2.75, 3.05) is 0 Å². The summed E-state index contributed by atoms with van der Waals surface area (Å²) in [6, 6.07) is 16.7. The van der Waals surface area contributed by atoms with Crippen LogP contribution in [0.25, 0.3) is 68.9 Å². The van der Waals surface area contributed by atoms with E-state index in [0.717, 1.165) is 44.7 Å². The zero-order valence-electron chi connectivity index (χ0n) is 24.9. The largest absolute Gasteiger partial charge is 2.00 e. The van der Waals surface area contributed by atoms with Gasteiger partial charge in [-0.1, -0.05) is 71.0 Å². The van der Waals surface area contributed by atoms with Gasteiger partial charge in [0.1, 0.15) is 0 Å². The van der Waals surface area contributed by atoms with E-state index in [1.54, 1.807) is 0 Å². The molecule has 0 unspecified atom stereocenters. The molecule has 0 spiro atoms. The van der Waals surface area contributed by atoms with Crippen molar-refractivity contribution in [2.45, 2.75) is 41.5 Å². The summed E-state index contributed by atoms with van der Waals surface area (Å²) in [5.74, 6) is 1.21. The Labute approximate surface area is 261 Å². The second-order valence-electron chi connectivity index (χ2n) is 11.3. The van der Waals surface area contributed by atoms with Gasteiger partial charge in [-0.15, -0.1) is 0 Å². The summed E-state index contributed by atoms with van der Waals surface area (Å²) in [6.07, 6.45) is 7.92. The fourth-order valence-electron chi connectivity index (χ4n) is 6.37. The maximum Gasteiger partial charge on any atom is 2.00 e. The summed E-state index contributed by atoms with van der Waals surface area (Å²) in [5, 5.41) is 0. The van der Waals surface area contributed by atoms with Gasteiger partial charge in [-0.3, -0.25) is 9.97 Å². The maximum absolute atomic E-state index is 4.96. The van der Waals surface area contributed by atoms with Crippen molar-refractivity contribution >= 4 is 46.6 Å². The zero-order valence-corrected chi connectivity index (χ0v) is 25.9. The van der Waals surface area contributed by atoms with Crippen molar-refractivity contribution < 1.29 is 16.5 Å². The Hall–Kier alpha value is -4.61. The molecule has 2 aliphatic heterocycles. The number of aryl methyl sites for hydroxylation is 6. The van der Waals surface area contributed by atoms with Crippen LogP contribution in [0.15, 0.2) is 48.5 Å². The van der Waals surface area contributed by atoms with Crippen molar-refractivity contribution in [1.29, 1.82) is 0 Å². The van der Waals surface area contributed by atoms with Gasteiger partial charge in [-0.05, 0) is 110 Å². The Morgan fingerprint density at radius 2 is 0.814 bits per heavy atom. The summed E-state index contributed by atoms with van der Waals surface area (Å²) >= 11 is 0. The Morgan fingerprint density at radius 1 is 0.442 bits per heavy atom. The van der Waals surface area contributed by atoms with Crippen LogP contribution in [0.5, 0.6) is 0 Å². The van der Waals surface area contributed by atoms with E-state index < -0.39 is 0 Å². The predicted octanol–water partition coefficient (Wildman–Crippen LogP) is 7.89. The summed E-state index contributed by atoms with van der Waals surface area (Å²) in [7, 11) is 0. The number of rotatable bonds is 2. The molecule has 43 heavy (non-hydrogen) atoms. The van der Waals surface area contributed by atoms with Crippen molar-refractivity contribution in [3.63, 3.8) is 0 Å². The quantitative estimate of drug-likeness (QED) is 0.187. The average molecular weight is 605 g/mol. The first-order valence-corrected chi connectivity index (χ1v) is 14.1. The molecule has 3 aromatic heterocycles. The van der Waals surface area contributed by atoms with Crippen LogP contribution in [0.4, 0.5) is 0 Å². The molecule has 5 aromatic rings. The van der Waals surface area contributed by atoms with Gasteiger partial charge in [0.2, 0.25) is 0 Å². The van der Waals surface area contributed by atoms with Crippen molar-refractivity contribution in [2.24, 2.45) is 0 Å². The van der Waals surface area contributed by atoms with Crippen LogP contribution in [0.2, 0.25) is 0 Å². The summed E-state index contributed by atoms with van der Waals surface area (Å²) < 4.78 is 0. The van der Waals surface area contributed by atoms with Gasteiger partial charge in [0.25, 0.3) is 0 Å². The van der Waals surface area contributed by atoms with E-state index in [9.17, 15) is 0 Å². The zero-order chi connectivity index (χ0) is 29.1. The van der Waals surface area contributed by atoms with Gasteiger partial charge in [0, 0.05) is 11.1 Å². The second-order valence-corrected chi connectivity index (χ2v) is 11.3. The predicted molar refractivity (Wildman–Crippen MR) is 172 cm³/mol. The molecule has 6 nitrogen and oxygen atoms in total. The molecule has 214 valence electrons. The van der Waals surface area contributed by atoms with Gasteiger partial charge in [-0.2, -0.15) is 0 Å². The fourth-order valence-corrected chi connectivity index (χ4v) is 6.37. The first-order valence-electron chi connectivity index (χ1n) is 14.1. The van der Waals surface area contributed by atoms with Gasteiger partial charge in [0.15, 0.2) is 0 Å². The second kappa shape index (κ2) is 10.9. The molecule has 2 aromatic carbocycles. The standard InChI is InChI=1S/C36H30N6.Ni/c1-19-15-21(3)33(22(4)16-19)35-25-7-11-29(37-25)41-31-13-9-27(39-31)36(34-23(5)17-20(2)18-24(34)6)28-10-14-32(40-28)42-30-12-8-26(35)38-30;/h7-18H,1-6H3;/q-2;+2. The Balaban J connectivity index is 0.00000329. The molecule has 0 saturated heterocycles. The summed E-state index contributed by atoms with van der Waals surface area (Å²) in [6.45, 7) is 12.8. The van der Waals surface area contributed by atoms with Crippen molar-refractivity contribution in [3.8, 4) is 22.3 Å². The molecule has 7 heteroatoms. The monoisotopic (exact) mass is 604 g/mol. The van der Waals surface area contributed by atoms with E-state index in [1.807, 2.05) is 48.6 Å². The number of nitrogens with zero attached hydrogens (tertiary/aromatic N) is 6. The smallest absolute Gasteiger partial charge is 0.436 e. The third-order valence-corrected chi connectivity index (χ3v) is 7.84. The molecule has 0 N–H and O–H groups in total. The molecule has 0 atom stereocenters. The minimum absolute atomic E-state index is 0. The van der Waals surface area contributed by atoms with Crippen LogP contribution < -0.4 is 9.97 Å². The third-order valence-electron chi connectivity index (χ3n) is 7.84. The van der Waals surface area contributed by atoms with Crippen LogP contribution in [0.1, 0.15) is 56.4 Å². The molecule has 0 radical (unpaired) electrons. The normalized spacial score (nSPS) is 12.0. The summed E-state index contributed by atoms with van der Waals surface area (Å²) in [5.41, 5.74) is 15.8. The van der Waals surface area contributed by atoms with Crippen molar-refractivity contribution in [1.82, 2.24) is 29.9 Å². The Morgan fingerprint density at radius 3 is 1.19 bits per heavy atom. The van der Waals surface area contributed by atoms with Crippen LogP contribution in [0, 0.1) is 41.5 Å². The van der Waals surface area contributed by atoms with E-state index in [2.05, 4.69) is 65.8 Å². The van der Waals surface area contributed by atoms with Crippen LogP contribution in [-0.4, -0.2) is 19.9 Å². The van der Waals surface area contributed by atoms with E-state index >= 15 is 0 Å². The van der Waals surface area contributed by atoms with E-state index in [4.69, 9.17) is 29.9 Å². The van der Waals surface area contributed by atoms with Crippen LogP contribution in [-0.2, 0) is 16.5 Å². The van der Waals surface area contributed by atoms with Gasteiger partial charge in [0.05, 0.1) is 23.0 Å². The fraction of sp³-hybridized carbons (Fsp3) is 0.167. The first-order chi connectivity index (χ1) is 20.2. The van der Waals surface area contributed by atoms with E-state index in [-0.39, 0.29) is 16.5 Å². The number of hydrogen-bond donors (Lipinski definition) is 0. The third kappa shape index (κ3) is 5.15. The molecule has 0 amide bonds. The van der Waals surface area contributed by atoms with Gasteiger partial charge < -0.3 is 19.9 Å². The Kier molecular flexibility index (Phi) is 7.23. The SMILES string of the molecule is Cc1cc(C)c(-c2c3nc(nc4ccc([n-]4)c(-c4c(C)cc(C)cc4C)c4nc(nc5ccc2[n-]5)C=C4)C=C3)c(C)c1.[Ni+2]. The summed E-state index contributed by atoms with van der Waals surface area (Å²) in [4.78, 5) is 29.5. The molecular formula is C36H30N6Ni. The van der Waals surface area contributed by atoms with Crippen molar-refractivity contribution in [3.05, 3.63) is 105 Å². The number of fused-ring (bicyclic) bond motifs is 8. The average Bonchev–Trinajstić information content (AvgIpc) is 3.73. The molecule has 8 bridgehead atoms. The molecule has 2 aliphatic rings. The number of aromatic nitrogens is 6. The molecule has 7 rings (SSSR count). The number of benzene rings is 2.